The van der Waals surface area contributed by atoms with E-state index in [1.165, 1.54) is 264 Å². The number of hydrogen-bond donors (Lipinski definition) is 0. The molecule has 0 atom stereocenters. The number of hydrogen-bond acceptors (Lipinski definition) is 0. The molecular weight excluding hydrogens is 1710 g/mol. The van der Waals surface area contributed by atoms with E-state index in [0.29, 0.717) is 0 Å². The van der Waals surface area contributed by atoms with Gasteiger partial charge < -0.3 is 0 Å². The molecule has 0 aromatic heterocycles. The average Bonchev–Trinajstić information content (AvgIpc) is 0.763. The van der Waals surface area contributed by atoms with Gasteiger partial charge in [0, 0.05) is 0 Å². The van der Waals surface area contributed by atoms with Gasteiger partial charge in [0.2, 0.25) is 0 Å². The lowest BCUT2D eigenvalue weighted by molar-refractivity contribution is 1.34. The van der Waals surface area contributed by atoms with Crippen LogP contribution in [-0.2, 0) is 0 Å². The Balaban J connectivity index is 0.000000122. The average molecular weight is 1840 g/mol. The zero-order chi connectivity index (χ0) is 100. The third-order valence-electron chi connectivity index (χ3n) is 27.4. The van der Waals surface area contributed by atoms with Gasteiger partial charge in [-0.1, -0.05) is 505 Å². The Labute approximate surface area is 845 Å². The molecule has 702 valence electrons. The van der Waals surface area contributed by atoms with Crippen LogP contribution in [0.15, 0.2) is 449 Å². The molecule has 0 nitrogen and oxygen atoms in total. The first-order valence-electron chi connectivity index (χ1n) is 50.0. The van der Waals surface area contributed by atoms with Crippen LogP contribution in [0.3, 0.4) is 0 Å². The minimum absolute atomic E-state index is 1.29. The summed E-state index contributed by atoms with van der Waals surface area (Å²) in [6, 6.07) is 161. The summed E-state index contributed by atoms with van der Waals surface area (Å²) in [6.45, 7) is 42.9. The van der Waals surface area contributed by atoms with Crippen molar-refractivity contribution in [1.29, 1.82) is 0 Å². The van der Waals surface area contributed by atoms with E-state index in [2.05, 4.69) is 587 Å². The fourth-order valence-electron chi connectivity index (χ4n) is 19.1. The zero-order valence-electron chi connectivity index (χ0n) is 86.7. The van der Waals surface area contributed by atoms with E-state index >= 15 is 0 Å². The molecule has 0 fully saturated rings. The third kappa shape index (κ3) is 25.0. The maximum absolute atomic E-state index is 2.26. The summed E-state index contributed by atoms with van der Waals surface area (Å²) in [6.07, 6.45) is 0. The van der Waals surface area contributed by atoms with Crippen molar-refractivity contribution in [2.24, 2.45) is 0 Å². The van der Waals surface area contributed by atoms with Gasteiger partial charge in [0.05, 0.1) is 0 Å². The quantitative estimate of drug-likeness (QED) is 0.156. The Morgan fingerprint density at radius 1 is 0.0915 bits per heavy atom. The molecule has 0 N–H and O–H groups in total. The van der Waals surface area contributed by atoms with Gasteiger partial charge >= 0.3 is 0 Å². The van der Waals surface area contributed by atoms with E-state index in [-0.39, 0.29) is 0 Å². The van der Waals surface area contributed by atoms with E-state index < -0.39 is 0 Å². The number of benzene rings is 23. The van der Waals surface area contributed by atoms with Crippen molar-refractivity contribution in [3.05, 3.63) is 560 Å². The fraction of sp³-hybridized carbons (Fsp3) is 0.141. The molecule has 142 heavy (non-hydrogen) atoms. The Hall–Kier alpha value is -15.9. The Kier molecular flexibility index (Phi) is 33.4. The summed E-state index contributed by atoms with van der Waals surface area (Å²) in [5, 5.41) is 21.4. The van der Waals surface area contributed by atoms with Crippen LogP contribution in [0.1, 0.15) is 111 Å². The molecule has 0 aliphatic rings. The predicted molar refractivity (Wildman–Crippen MR) is 625 cm³/mol. The highest BCUT2D eigenvalue weighted by molar-refractivity contribution is 6.09. The number of aryl methyl sites for hydroxylation is 20. The van der Waals surface area contributed by atoms with Gasteiger partial charge in [0.25, 0.3) is 0 Å². The highest BCUT2D eigenvalue weighted by atomic mass is 14.2. The number of rotatable bonds is 6. The van der Waals surface area contributed by atoms with Crippen molar-refractivity contribution in [1.82, 2.24) is 0 Å². The summed E-state index contributed by atoms with van der Waals surface area (Å²) < 4.78 is 0. The van der Waals surface area contributed by atoms with Crippen LogP contribution >= 0.6 is 0 Å². The maximum atomic E-state index is 2.26. The van der Waals surface area contributed by atoms with Gasteiger partial charge in [-0.2, -0.15) is 0 Å². The molecule has 0 heteroatoms. The van der Waals surface area contributed by atoms with Crippen molar-refractivity contribution in [3.8, 4) is 66.8 Å². The minimum Gasteiger partial charge on any atom is -0.0616 e. The van der Waals surface area contributed by atoms with Crippen molar-refractivity contribution in [2.75, 3.05) is 0 Å². The SMILES string of the molecule is Cc1ccc(-c2ccc(C)c3ccccc23)c2ccccc12.Cc1ccc(-c2ccc(C)c3ccccc23)c2ccccc12.Cc1ccc(-c2ccc(C)c3ccccc23)cc1.Cc1ccc(-c2ccc(C)c3ccccc23)cc1.Cc1ccc(-c2ccc(C)cc2)cc1.Cc1ccc(-c2ccc(C)cc2C)c(C)c1.Cc1ccc(C)c2ccccc12.Cc1ccc(C)cc1.Cc1ccc2cc(C)ccc2c1. The molecule has 0 aliphatic heterocycles. The second-order valence-corrected chi connectivity index (χ2v) is 38.7. The Morgan fingerprint density at radius 3 is 0.458 bits per heavy atom. The van der Waals surface area contributed by atoms with Gasteiger partial charge in [0.15, 0.2) is 0 Å². The lowest BCUT2D eigenvalue weighted by Crippen LogP contribution is -1.88. The van der Waals surface area contributed by atoms with Crippen LogP contribution in [0.5, 0.6) is 0 Å². The zero-order valence-corrected chi connectivity index (χ0v) is 86.7. The molecule has 23 aromatic carbocycles. The summed E-state index contributed by atoms with van der Waals surface area (Å²) in [5.41, 5.74) is 42.3. The van der Waals surface area contributed by atoms with Crippen LogP contribution in [0, 0.1) is 138 Å². The molecule has 23 rings (SSSR count). The van der Waals surface area contributed by atoms with Crippen molar-refractivity contribution < 1.29 is 0 Å². The second kappa shape index (κ2) is 47.2. The van der Waals surface area contributed by atoms with Gasteiger partial charge in [-0.15, -0.1) is 0 Å². The molecular formula is C142H134. The van der Waals surface area contributed by atoms with Gasteiger partial charge in [-0.25, -0.2) is 0 Å². The standard InChI is InChI=1S/2C22H18.2C18H16.C16H18.C14H14.2C12H12.C8H10/c2*1-15-11-13-21(19-9-5-3-7-17(15)19)22-14-12-16(2)18-8-4-6-10-20(18)22;2*1-13-7-10-15(11-8-13)17-12-9-14(2)16-5-3-4-6-18(16)17;1-11-5-7-15(13(3)9-11)16-8-6-12(2)10-14(16)4;1-11-3-7-13(8-4-11)14-9-5-12(2)6-10-14;1-9-3-5-12-8-10(2)4-6-11(12)7-9;1-9-7-8-10(2)12-6-4-3-5-11(9)12;1-7-3-5-8(2)6-4-7/h2*3-14H,1-2H3;2*3-12H,1-2H3;5-10H,1-4H3;3-10H,1-2H3;2*3-8H,1-2H3;3-6H,1-2H3. The van der Waals surface area contributed by atoms with Crippen LogP contribution < -0.4 is 0 Å². The minimum atomic E-state index is 1.29. The highest BCUT2D eigenvalue weighted by Crippen LogP contribution is 2.41. The van der Waals surface area contributed by atoms with Crippen LogP contribution in [-0.4, -0.2) is 0 Å². The van der Waals surface area contributed by atoms with Crippen molar-refractivity contribution in [2.45, 2.75) is 138 Å². The fourth-order valence-corrected chi connectivity index (χ4v) is 19.1. The largest absolute Gasteiger partial charge is 0.0616 e. The Morgan fingerprint density at radius 2 is 0.239 bits per heavy atom. The van der Waals surface area contributed by atoms with Gasteiger partial charge in [-0.3, -0.25) is 0 Å². The van der Waals surface area contributed by atoms with E-state index in [4.69, 9.17) is 0 Å². The molecule has 0 radical (unpaired) electrons. The first-order chi connectivity index (χ1) is 68.7. The molecule has 0 unspecified atom stereocenters. The lowest BCUT2D eigenvalue weighted by Gasteiger charge is -2.13. The highest BCUT2D eigenvalue weighted by Gasteiger charge is 2.15. The van der Waals surface area contributed by atoms with Crippen molar-refractivity contribution in [3.63, 3.8) is 0 Å². The second-order valence-electron chi connectivity index (χ2n) is 38.7. The van der Waals surface area contributed by atoms with E-state index in [1.807, 2.05) is 0 Å². The van der Waals surface area contributed by atoms with Crippen LogP contribution in [0.25, 0.3) is 153 Å². The molecule has 0 amide bonds. The van der Waals surface area contributed by atoms with E-state index in [1.54, 1.807) is 0 Å². The summed E-state index contributed by atoms with van der Waals surface area (Å²) in [4.78, 5) is 0. The van der Waals surface area contributed by atoms with Crippen molar-refractivity contribution >= 4 is 86.2 Å². The van der Waals surface area contributed by atoms with Crippen LogP contribution in [0.2, 0.25) is 0 Å². The van der Waals surface area contributed by atoms with E-state index in [0.717, 1.165) is 0 Å². The molecule has 0 bridgehead atoms. The molecule has 0 spiro atoms. The topological polar surface area (TPSA) is 0 Å². The maximum Gasteiger partial charge on any atom is -0.00990 e. The van der Waals surface area contributed by atoms with Gasteiger partial charge in [-0.05, 0) is 347 Å². The smallest absolute Gasteiger partial charge is 0.00990 e. The van der Waals surface area contributed by atoms with Gasteiger partial charge in [0.1, 0.15) is 0 Å². The summed E-state index contributed by atoms with van der Waals surface area (Å²) in [5.74, 6) is 0. The summed E-state index contributed by atoms with van der Waals surface area (Å²) >= 11 is 0. The number of fused-ring (bicyclic) bond motifs is 8. The first-order valence-corrected chi connectivity index (χ1v) is 50.0. The third-order valence-corrected chi connectivity index (χ3v) is 27.4. The Bertz CT molecular complexity index is 7650. The molecule has 0 saturated carbocycles. The predicted octanol–water partition coefficient (Wildman–Crippen LogP) is 40.6. The normalized spacial score (nSPS) is 10.7. The molecule has 0 saturated heterocycles. The molecule has 0 aliphatic carbocycles. The molecule has 23 aromatic rings. The van der Waals surface area contributed by atoms with E-state index in [9.17, 15) is 0 Å². The summed E-state index contributed by atoms with van der Waals surface area (Å²) in [7, 11) is 0. The first kappa shape index (κ1) is 101. The lowest BCUT2D eigenvalue weighted by atomic mass is 9.91. The monoisotopic (exact) mass is 1840 g/mol. The van der Waals surface area contributed by atoms with Crippen LogP contribution in [0.4, 0.5) is 0 Å². The molecule has 0 heterocycles.